The third-order valence-electron chi connectivity index (χ3n) is 2.67. The Morgan fingerprint density at radius 2 is 1.82 bits per heavy atom. The summed E-state index contributed by atoms with van der Waals surface area (Å²) >= 11 is 0. The minimum Gasteiger partial charge on any atom is -0.394 e. The summed E-state index contributed by atoms with van der Waals surface area (Å²) in [7, 11) is 0. The molecule has 0 aromatic carbocycles. The predicted octanol–water partition coefficient (Wildman–Crippen LogP) is -2.43. The lowest BCUT2D eigenvalue weighted by Gasteiger charge is -2.39. The lowest BCUT2D eigenvalue weighted by atomic mass is 9.99. The number of hydrogen-bond donors (Lipinski definition) is 5. The molecule has 0 aromatic heterocycles. The van der Waals surface area contributed by atoms with Crippen molar-refractivity contribution >= 4 is 0 Å². The second kappa shape index (κ2) is 6.60. The minimum absolute atomic E-state index is 0.139. The van der Waals surface area contributed by atoms with Crippen LogP contribution in [0.25, 0.3) is 0 Å². The molecule has 7 heteroatoms. The molecule has 0 bridgehead atoms. The Kier molecular flexibility index (Phi) is 5.74. The maximum atomic E-state index is 9.58. The number of hydrogen-bond acceptors (Lipinski definition) is 7. The molecule has 7 nitrogen and oxygen atoms in total. The smallest absolute Gasteiger partial charge is 0.186 e. The van der Waals surface area contributed by atoms with Crippen molar-refractivity contribution in [2.45, 2.75) is 50.2 Å². The van der Waals surface area contributed by atoms with E-state index in [2.05, 4.69) is 0 Å². The van der Waals surface area contributed by atoms with Crippen LogP contribution in [0.2, 0.25) is 0 Å². The third kappa shape index (κ3) is 3.85. The summed E-state index contributed by atoms with van der Waals surface area (Å²) in [4.78, 5) is 0. The first-order valence-electron chi connectivity index (χ1n) is 5.57. The molecule has 0 aliphatic carbocycles. The van der Waals surface area contributed by atoms with Gasteiger partial charge >= 0.3 is 0 Å². The van der Waals surface area contributed by atoms with Gasteiger partial charge in [0.2, 0.25) is 0 Å². The molecule has 0 amide bonds. The molecule has 0 aromatic rings. The summed E-state index contributed by atoms with van der Waals surface area (Å²) in [5.41, 5.74) is 0. The first-order valence-corrected chi connectivity index (χ1v) is 5.57. The highest BCUT2D eigenvalue weighted by Crippen LogP contribution is 2.21. The van der Waals surface area contributed by atoms with E-state index < -0.39 is 43.4 Å². The van der Waals surface area contributed by atoms with E-state index in [0.717, 1.165) is 0 Å². The molecule has 6 atom stereocenters. The Morgan fingerprint density at radius 3 is 2.35 bits per heavy atom. The van der Waals surface area contributed by atoms with E-state index in [9.17, 15) is 15.3 Å². The van der Waals surface area contributed by atoms with Crippen LogP contribution in [0.3, 0.4) is 0 Å². The van der Waals surface area contributed by atoms with Crippen LogP contribution in [0.4, 0.5) is 0 Å². The molecule has 17 heavy (non-hydrogen) atoms. The van der Waals surface area contributed by atoms with E-state index in [4.69, 9.17) is 19.7 Å². The first kappa shape index (κ1) is 14.8. The van der Waals surface area contributed by atoms with E-state index in [0.29, 0.717) is 6.42 Å². The lowest BCUT2D eigenvalue weighted by Crippen LogP contribution is -2.59. The number of aliphatic hydroxyl groups is 5. The fraction of sp³-hybridized carbons (Fsp3) is 1.00. The van der Waals surface area contributed by atoms with E-state index in [1.54, 1.807) is 6.92 Å². The maximum Gasteiger partial charge on any atom is 0.186 e. The number of rotatable bonds is 5. The topological polar surface area (TPSA) is 120 Å². The van der Waals surface area contributed by atoms with Gasteiger partial charge in [-0.25, -0.2) is 0 Å². The minimum atomic E-state index is -1.43. The average molecular weight is 252 g/mol. The molecule has 0 radical (unpaired) electrons. The summed E-state index contributed by atoms with van der Waals surface area (Å²) in [6.45, 7) is 1.25. The van der Waals surface area contributed by atoms with Gasteiger partial charge in [0.25, 0.3) is 0 Å². The van der Waals surface area contributed by atoms with E-state index in [1.807, 2.05) is 0 Å². The lowest BCUT2D eigenvalue weighted by molar-refractivity contribution is -0.301. The number of ether oxygens (including phenoxy) is 2. The van der Waals surface area contributed by atoms with Crippen molar-refractivity contribution < 1.29 is 35.0 Å². The first-order chi connectivity index (χ1) is 7.97. The quantitative estimate of drug-likeness (QED) is 0.369. The van der Waals surface area contributed by atoms with Gasteiger partial charge in [0.05, 0.1) is 19.3 Å². The van der Waals surface area contributed by atoms with Crippen molar-refractivity contribution in [2.75, 3.05) is 13.2 Å². The van der Waals surface area contributed by atoms with Gasteiger partial charge in [-0.3, -0.25) is 0 Å². The van der Waals surface area contributed by atoms with Crippen LogP contribution in [0.1, 0.15) is 13.3 Å². The second-order valence-corrected chi connectivity index (χ2v) is 4.21. The van der Waals surface area contributed by atoms with E-state index in [1.165, 1.54) is 0 Å². The highest BCUT2D eigenvalue weighted by molar-refractivity contribution is 4.88. The molecule has 1 rings (SSSR count). The van der Waals surface area contributed by atoms with Crippen molar-refractivity contribution in [3.8, 4) is 0 Å². The van der Waals surface area contributed by atoms with E-state index >= 15 is 0 Å². The summed E-state index contributed by atoms with van der Waals surface area (Å²) < 4.78 is 10.2. The third-order valence-corrected chi connectivity index (χ3v) is 2.67. The second-order valence-electron chi connectivity index (χ2n) is 4.21. The van der Waals surface area contributed by atoms with E-state index in [-0.39, 0.29) is 6.61 Å². The van der Waals surface area contributed by atoms with Crippen LogP contribution in [0.15, 0.2) is 0 Å². The van der Waals surface area contributed by atoms with Crippen molar-refractivity contribution in [1.29, 1.82) is 0 Å². The Balaban J connectivity index is 2.47. The van der Waals surface area contributed by atoms with Crippen molar-refractivity contribution in [1.82, 2.24) is 0 Å². The largest absolute Gasteiger partial charge is 0.394 e. The van der Waals surface area contributed by atoms with Gasteiger partial charge in [-0.05, 0) is 13.3 Å². The van der Waals surface area contributed by atoms with Gasteiger partial charge in [-0.1, -0.05) is 0 Å². The molecule has 1 aliphatic heterocycles. The van der Waals surface area contributed by atoms with Crippen LogP contribution in [0.5, 0.6) is 0 Å². The molecule has 1 unspecified atom stereocenters. The zero-order valence-electron chi connectivity index (χ0n) is 9.64. The summed E-state index contributed by atoms with van der Waals surface area (Å²) in [5.74, 6) is 0. The molecule has 1 saturated heterocycles. The zero-order chi connectivity index (χ0) is 13.0. The molecule has 0 spiro atoms. The van der Waals surface area contributed by atoms with Gasteiger partial charge in [0.1, 0.15) is 24.4 Å². The van der Waals surface area contributed by atoms with Crippen molar-refractivity contribution in [2.24, 2.45) is 0 Å². The fourth-order valence-corrected chi connectivity index (χ4v) is 1.56. The molecule has 5 N–H and O–H groups in total. The number of aliphatic hydroxyl groups excluding tert-OH is 5. The molecule has 1 heterocycles. The molecule has 0 saturated carbocycles. The fourth-order valence-electron chi connectivity index (χ4n) is 1.56. The highest BCUT2D eigenvalue weighted by atomic mass is 16.7. The normalized spacial score (nSPS) is 40.2. The van der Waals surface area contributed by atoms with Gasteiger partial charge in [-0.15, -0.1) is 0 Å². The van der Waals surface area contributed by atoms with Crippen LogP contribution in [-0.4, -0.2) is 75.6 Å². The van der Waals surface area contributed by atoms with Gasteiger partial charge in [0, 0.05) is 0 Å². The summed E-state index contributed by atoms with van der Waals surface area (Å²) in [6.07, 6.45) is -6.48. The average Bonchev–Trinajstić information content (AvgIpc) is 2.29. The predicted molar refractivity (Wildman–Crippen MR) is 56.0 cm³/mol. The van der Waals surface area contributed by atoms with Crippen molar-refractivity contribution in [3.63, 3.8) is 0 Å². The Labute approximate surface area is 99.2 Å². The van der Waals surface area contributed by atoms with Gasteiger partial charge < -0.3 is 35.0 Å². The monoisotopic (exact) mass is 252 g/mol. The summed E-state index contributed by atoms with van der Waals surface area (Å²) in [5, 5.41) is 46.5. The van der Waals surface area contributed by atoms with Crippen molar-refractivity contribution in [3.05, 3.63) is 0 Å². The molecule has 1 aliphatic rings. The van der Waals surface area contributed by atoms with Gasteiger partial charge in [0.15, 0.2) is 6.29 Å². The molecule has 102 valence electrons. The van der Waals surface area contributed by atoms with Gasteiger partial charge in [-0.2, -0.15) is 0 Å². The Bertz CT molecular complexity index is 221. The SMILES string of the molecule is CC(O)CCO[C@@H]1O[C@H](CO)[C@@H](O)[C@H](O)[C@@H]1O. The van der Waals surface area contributed by atoms with Crippen LogP contribution in [-0.2, 0) is 9.47 Å². The van der Waals surface area contributed by atoms with Crippen LogP contribution in [0, 0.1) is 0 Å². The van der Waals surface area contributed by atoms with Crippen LogP contribution >= 0.6 is 0 Å². The Morgan fingerprint density at radius 1 is 1.18 bits per heavy atom. The maximum absolute atomic E-state index is 9.58. The molecular weight excluding hydrogens is 232 g/mol. The highest BCUT2D eigenvalue weighted by Gasteiger charge is 2.43. The Hall–Kier alpha value is -0.280. The van der Waals surface area contributed by atoms with Crippen LogP contribution < -0.4 is 0 Å². The molecular formula is C10H20O7. The summed E-state index contributed by atoms with van der Waals surface area (Å²) in [6, 6.07) is 0. The standard InChI is InChI=1S/C10H20O7/c1-5(12)2-3-16-10-9(15)8(14)7(13)6(4-11)17-10/h5-15H,2-4H2,1H3/t5?,6-,7-,8+,9+,10-/m1/s1. The zero-order valence-corrected chi connectivity index (χ0v) is 9.64. The molecule has 1 fully saturated rings.